The molecule has 0 atom stereocenters. The molecule has 0 unspecified atom stereocenters. The van der Waals surface area contributed by atoms with Crippen molar-refractivity contribution in [3.63, 3.8) is 0 Å². The van der Waals surface area contributed by atoms with Crippen molar-refractivity contribution in [3.8, 4) is 17.0 Å². The van der Waals surface area contributed by atoms with Crippen LogP contribution in [0.15, 0.2) is 53.9 Å². The lowest BCUT2D eigenvalue weighted by Gasteiger charge is -2.05. The number of thiazole rings is 1. The number of rotatable bonds is 7. The summed E-state index contributed by atoms with van der Waals surface area (Å²) in [5.74, 6) is 0.839. The van der Waals surface area contributed by atoms with E-state index in [-0.39, 0.29) is 5.91 Å². The van der Waals surface area contributed by atoms with Gasteiger partial charge in [0.2, 0.25) is 5.91 Å². The standard InChI is InChI=1S/C20H21N3O2S/c1-3-5-19(24)21-15-10-8-14(9-11-15)18-13-26-20(23-18)22-16-6-4-7-17(12-16)25-2/h4,6-13H,3,5H2,1-2H3,(H,21,24)(H,22,23). The van der Waals surface area contributed by atoms with Crippen LogP contribution in [0, 0.1) is 0 Å². The second kappa shape index (κ2) is 8.49. The largest absolute Gasteiger partial charge is 0.497 e. The van der Waals surface area contributed by atoms with E-state index in [2.05, 4.69) is 15.6 Å². The summed E-state index contributed by atoms with van der Waals surface area (Å²) in [5.41, 5.74) is 3.64. The molecule has 1 amide bonds. The number of carbonyl (C=O) groups excluding carboxylic acids is 1. The second-order valence-electron chi connectivity index (χ2n) is 5.77. The number of benzene rings is 2. The lowest BCUT2D eigenvalue weighted by atomic mass is 10.1. The zero-order chi connectivity index (χ0) is 18.4. The van der Waals surface area contributed by atoms with E-state index in [0.717, 1.165) is 39.9 Å². The van der Waals surface area contributed by atoms with Gasteiger partial charge in [0.1, 0.15) is 5.75 Å². The van der Waals surface area contributed by atoms with Crippen LogP contribution in [0.3, 0.4) is 0 Å². The minimum absolute atomic E-state index is 0.0404. The van der Waals surface area contributed by atoms with Crippen molar-refractivity contribution in [3.05, 3.63) is 53.9 Å². The molecule has 0 radical (unpaired) electrons. The van der Waals surface area contributed by atoms with Crippen LogP contribution in [0.4, 0.5) is 16.5 Å². The predicted octanol–water partition coefficient (Wildman–Crippen LogP) is 5.30. The van der Waals surface area contributed by atoms with Gasteiger partial charge in [-0.25, -0.2) is 4.98 Å². The summed E-state index contributed by atoms with van der Waals surface area (Å²) in [5, 5.41) is 9.00. The highest BCUT2D eigenvalue weighted by molar-refractivity contribution is 7.14. The Labute approximate surface area is 157 Å². The van der Waals surface area contributed by atoms with Gasteiger partial charge < -0.3 is 15.4 Å². The molecular weight excluding hydrogens is 346 g/mol. The Kier molecular flexibility index (Phi) is 5.86. The summed E-state index contributed by atoms with van der Waals surface area (Å²) in [6.07, 6.45) is 1.37. The van der Waals surface area contributed by atoms with E-state index in [0.29, 0.717) is 6.42 Å². The molecule has 0 aliphatic rings. The molecule has 2 aromatic carbocycles. The maximum absolute atomic E-state index is 11.7. The Morgan fingerprint density at radius 3 is 2.69 bits per heavy atom. The summed E-state index contributed by atoms with van der Waals surface area (Å²) in [6, 6.07) is 15.5. The van der Waals surface area contributed by atoms with Gasteiger partial charge in [0.15, 0.2) is 5.13 Å². The summed E-state index contributed by atoms with van der Waals surface area (Å²) in [6.45, 7) is 1.99. The first-order valence-electron chi connectivity index (χ1n) is 8.45. The third-order valence-corrected chi connectivity index (χ3v) is 4.52. The molecular formula is C20H21N3O2S. The van der Waals surface area contributed by atoms with Crippen molar-refractivity contribution in [1.82, 2.24) is 4.98 Å². The Balaban J connectivity index is 1.68. The highest BCUT2D eigenvalue weighted by Gasteiger charge is 2.07. The average molecular weight is 367 g/mol. The van der Waals surface area contributed by atoms with Crippen LogP contribution in [0.1, 0.15) is 19.8 Å². The van der Waals surface area contributed by atoms with Crippen molar-refractivity contribution >= 4 is 33.8 Å². The second-order valence-corrected chi connectivity index (χ2v) is 6.63. The van der Waals surface area contributed by atoms with Gasteiger partial charge >= 0.3 is 0 Å². The Bertz CT molecular complexity index is 875. The van der Waals surface area contributed by atoms with Gasteiger partial charge in [-0.3, -0.25) is 4.79 Å². The molecule has 1 heterocycles. The topological polar surface area (TPSA) is 63.2 Å². The Morgan fingerprint density at radius 1 is 1.15 bits per heavy atom. The molecule has 1 aromatic heterocycles. The van der Waals surface area contributed by atoms with Gasteiger partial charge in [-0.05, 0) is 30.7 Å². The highest BCUT2D eigenvalue weighted by Crippen LogP contribution is 2.29. The van der Waals surface area contributed by atoms with E-state index in [1.54, 1.807) is 18.4 Å². The van der Waals surface area contributed by atoms with E-state index in [1.165, 1.54) is 0 Å². The third-order valence-electron chi connectivity index (χ3n) is 3.77. The number of ether oxygens (including phenoxy) is 1. The lowest BCUT2D eigenvalue weighted by Crippen LogP contribution is -2.10. The number of aromatic nitrogens is 1. The van der Waals surface area contributed by atoms with E-state index in [4.69, 9.17) is 4.74 Å². The van der Waals surface area contributed by atoms with E-state index < -0.39 is 0 Å². The van der Waals surface area contributed by atoms with Crippen molar-refractivity contribution in [1.29, 1.82) is 0 Å². The molecule has 134 valence electrons. The monoisotopic (exact) mass is 367 g/mol. The fourth-order valence-corrected chi connectivity index (χ4v) is 3.20. The quantitative estimate of drug-likeness (QED) is 0.595. The number of amides is 1. The summed E-state index contributed by atoms with van der Waals surface area (Å²) >= 11 is 1.54. The zero-order valence-corrected chi connectivity index (χ0v) is 15.6. The van der Waals surface area contributed by atoms with Gasteiger partial charge in [-0.15, -0.1) is 11.3 Å². The molecule has 0 fully saturated rings. The van der Waals surface area contributed by atoms with Crippen molar-refractivity contribution in [2.24, 2.45) is 0 Å². The molecule has 5 nitrogen and oxygen atoms in total. The normalized spacial score (nSPS) is 10.4. The summed E-state index contributed by atoms with van der Waals surface area (Å²) in [4.78, 5) is 16.3. The SMILES string of the molecule is CCCC(=O)Nc1ccc(-c2csc(Nc3cccc(OC)c3)n2)cc1. The molecule has 0 spiro atoms. The fraction of sp³-hybridized carbons (Fsp3) is 0.200. The van der Waals surface area contributed by atoms with Crippen LogP contribution in [-0.4, -0.2) is 18.0 Å². The highest BCUT2D eigenvalue weighted by atomic mass is 32.1. The van der Waals surface area contributed by atoms with Crippen LogP contribution in [0.2, 0.25) is 0 Å². The smallest absolute Gasteiger partial charge is 0.224 e. The first-order valence-corrected chi connectivity index (χ1v) is 9.33. The molecule has 26 heavy (non-hydrogen) atoms. The van der Waals surface area contributed by atoms with Gasteiger partial charge in [-0.1, -0.05) is 25.1 Å². The van der Waals surface area contributed by atoms with Gasteiger partial charge in [-0.2, -0.15) is 0 Å². The first-order chi connectivity index (χ1) is 12.7. The molecule has 2 N–H and O–H groups in total. The molecule has 3 aromatic rings. The zero-order valence-electron chi connectivity index (χ0n) is 14.8. The van der Waals surface area contributed by atoms with Crippen LogP contribution in [0.5, 0.6) is 5.75 Å². The van der Waals surface area contributed by atoms with E-state index in [1.807, 2.05) is 60.8 Å². The van der Waals surface area contributed by atoms with Gasteiger partial charge in [0.05, 0.1) is 12.8 Å². The molecule has 6 heteroatoms. The maximum Gasteiger partial charge on any atom is 0.224 e. The minimum atomic E-state index is 0.0404. The average Bonchev–Trinajstić information content (AvgIpc) is 3.11. The number of methoxy groups -OCH3 is 1. The summed E-state index contributed by atoms with van der Waals surface area (Å²) < 4.78 is 5.23. The van der Waals surface area contributed by atoms with Crippen LogP contribution in [0.25, 0.3) is 11.3 Å². The molecule has 0 saturated heterocycles. The number of nitrogens with one attached hydrogen (secondary N) is 2. The number of hydrogen-bond donors (Lipinski definition) is 2. The number of anilines is 3. The van der Waals surface area contributed by atoms with Crippen LogP contribution < -0.4 is 15.4 Å². The minimum Gasteiger partial charge on any atom is -0.497 e. The van der Waals surface area contributed by atoms with E-state index in [9.17, 15) is 4.79 Å². The lowest BCUT2D eigenvalue weighted by molar-refractivity contribution is -0.116. The number of hydrogen-bond acceptors (Lipinski definition) is 5. The van der Waals surface area contributed by atoms with Crippen molar-refractivity contribution < 1.29 is 9.53 Å². The van der Waals surface area contributed by atoms with Crippen LogP contribution >= 0.6 is 11.3 Å². The predicted molar refractivity (Wildman–Crippen MR) is 107 cm³/mol. The maximum atomic E-state index is 11.7. The third kappa shape index (κ3) is 4.61. The number of nitrogens with zero attached hydrogens (tertiary/aromatic N) is 1. The Morgan fingerprint density at radius 2 is 1.96 bits per heavy atom. The molecule has 3 rings (SSSR count). The van der Waals surface area contributed by atoms with Crippen molar-refractivity contribution in [2.45, 2.75) is 19.8 Å². The van der Waals surface area contributed by atoms with Crippen LogP contribution in [-0.2, 0) is 4.79 Å². The molecule has 0 saturated carbocycles. The van der Waals surface area contributed by atoms with E-state index >= 15 is 0 Å². The molecule has 0 aliphatic heterocycles. The fourth-order valence-electron chi connectivity index (χ4n) is 2.46. The van der Waals surface area contributed by atoms with Gasteiger partial charge in [0.25, 0.3) is 0 Å². The Hall–Kier alpha value is -2.86. The molecule has 0 bridgehead atoms. The summed E-state index contributed by atoms with van der Waals surface area (Å²) in [7, 11) is 1.65. The van der Waals surface area contributed by atoms with Crippen molar-refractivity contribution in [2.75, 3.05) is 17.7 Å². The van der Waals surface area contributed by atoms with Gasteiger partial charge in [0, 0.05) is 34.8 Å². The number of carbonyl (C=O) groups is 1. The first kappa shape index (κ1) is 17.9. The molecule has 0 aliphatic carbocycles.